The first-order chi connectivity index (χ1) is 14.0. The van der Waals surface area contributed by atoms with E-state index in [0.29, 0.717) is 23.1 Å². The largest absolute Gasteiger partial charge is 0.508 e. The third-order valence-electron chi connectivity index (χ3n) is 3.96. The minimum atomic E-state index is -0.177. The number of allylic oxidation sites excluding steroid dienone is 1. The lowest BCUT2D eigenvalue weighted by Gasteiger charge is -2.08. The van der Waals surface area contributed by atoms with Crippen LogP contribution in [-0.2, 0) is 17.1 Å². The van der Waals surface area contributed by atoms with Crippen LogP contribution in [0, 0.1) is 6.92 Å². The molecule has 0 radical (unpaired) electrons. The summed E-state index contributed by atoms with van der Waals surface area (Å²) in [5.74, 6) is 1.64. The molecule has 1 heterocycles. The highest BCUT2D eigenvalue weighted by Gasteiger charge is 2.14. The first-order valence-electron chi connectivity index (χ1n) is 8.99. The number of amides is 1. The van der Waals surface area contributed by atoms with Crippen LogP contribution in [0.5, 0.6) is 5.75 Å². The Hall–Kier alpha value is -2.71. The van der Waals surface area contributed by atoms with Crippen molar-refractivity contribution in [2.75, 3.05) is 11.1 Å². The molecule has 0 aliphatic heterocycles. The van der Waals surface area contributed by atoms with Gasteiger partial charge in [-0.25, -0.2) is 0 Å². The van der Waals surface area contributed by atoms with Crippen molar-refractivity contribution < 1.29 is 9.90 Å². The molecule has 8 heteroatoms. The molecule has 0 fully saturated rings. The summed E-state index contributed by atoms with van der Waals surface area (Å²) in [6, 6.07) is 14.8. The molecule has 0 saturated heterocycles. The number of aryl methyl sites for hydroxylation is 1. The minimum absolute atomic E-state index is 0.108. The van der Waals surface area contributed by atoms with Crippen molar-refractivity contribution in [3.63, 3.8) is 0 Å². The Morgan fingerprint density at radius 2 is 2.00 bits per heavy atom. The van der Waals surface area contributed by atoms with Gasteiger partial charge in [0.05, 0.1) is 11.5 Å². The van der Waals surface area contributed by atoms with Crippen molar-refractivity contribution in [3.8, 4) is 5.75 Å². The summed E-state index contributed by atoms with van der Waals surface area (Å²) in [4.78, 5) is 13.4. The first-order valence-corrected chi connectivity index (χ1v) is 11.0. The van der Waals surface area contributed by atoms with E-state index in [9.17, 15) is 9.90 Å². The topological polar surface area (TPSA) is 80.0 Å². The molecular formula is C21H22N4O2S2. The molecule has 29 heavy (non-hydrogen) atoms. The third-order valence-corrected chi connectivity index (χ3v) is 5.93. The predicted molar refractivity (Wildman–Crippen MR) is 118 cm³/mol. The maximum absolute atomic E-state index is 12.2. The molecule has 0 bridgehead atoms. The van der Waals surface area contributed by atoms with E-state index in [2.05, 4.69) is 53.3 Å². The van der Waals surface area contributed by atoms with Crippen LogP contribution in [0.4, 0.5) is 5.69 Å². The Morgan fingerprint density at radius 3 is 2.72 bits per heavy atom. The van der Waals surface area contributed by atoms with Gasteiger partial charge in [-0.05, 0) is 31.2 Å². The monoisotopic (exact) mass is 426 g/mol. The maximum Gasteiger partial charge on any atom is 0.234 e. The highest BCUT2D eigenvalue weighted by Crippen LogP contribution is 2.25. The van der Waals surface area contributed by atoms with Crippen molar-refractivity contribution in [2.24, 2.45) is 0 Å². The van der Waals surface area contributed by atoms with Crippen molar-refractivity contribution in [2.45, 2.75) is 29.3 Å². The number of carbonyl (C=O) groups is 1. The number of nitrogens with zero attached hydrogens (tertiary/aromatic N) is 3. The van der Waals surface area contributed by atoms with Crippen molar-refractivity contribution in [3.05, 3.63) is 72.6 Å². The number of hydrogen-bond acceptors (Lipinski definition) is 6. The lowest BCUT2D eigenvalue weighted by Crippen LogP contribution is -2.14. The van der Waals surface area contributed by atoms with Crippen LogP contribution in [0.25, 0.3) is 0 Å². The average Bonchev–Trinajstić information content (AvgIpc) is 3.08. The van der Waals surface area contributed by atoms with Gasteiger partial charge in [-0.3, -0.25) is 4.79 Å². The quantitative estimate of drug-likeness (QED) is 0.387. The van der Waals surface area contributed by atoms with E-state index in [1.165, 1.54) is 28.3 Å². The summed E-state index contributed by atoms with van der Waals surface area (Å²) in [6.07, 6.45) is 1.79. The summed E-state index contributed by atoms with van der Waals surface area (Å²) < 4.78 is 1.97. The molecule has 2 aromatic carbocycles. The fraction of sp³-hybridized carbons (Fsp3) is 0.190. The minimum Gasteiger partial charge on any atom is -0.508 e. The number of benzene rings is 2. The zero-order chi connectivity index (χ0) is 20.6. The van der Waals surface area contributed by atoms with Crippen LogP contribution in [0.3, 0.4) is 0 Å². The summed E-state index contributed by atoms with van der Waals surface area (Å²) in [5, 5.41) is 21.5. The Kier molecular flexibility index (Phi) is 7.37. The Bertz CT molecular complexity index is 987. The molecule has 0 saturated carbocycles. The fourth-order valence-corrected chi connectivity index (χ4v) is 4.14. The van der Waals surface area contributed by atoms with Gasteiger partial charge in [0.2, 0.25) is 5.91 Å². The van der Waals surface area contributed by atoms with E-state index in [1.807, 2.05) is 4.57 Å². The van der Waals surface area contributed by atoms with E-state index in [4.69, 9.17) is 0 Å². The second-order valence-electron chi connectivity index (χ2n) is 6.29. The molecule has 3 rings (SSSR count). The zero-order valence-electron chi connectivity index (χ0n) is 16.0. The summed E-state index contributed by atoms with van der Waals surface area (Å²) >= 11 is 3.01. The van der Waals surface area contributed by atoms with Gasteiger partial charge in [0.25, 0.3) is 0 Å². The highest BCUT2D eigenvalue weighted by atomic mass is 32.2. The summed E-state index contributed by atoms with van der Waals surface area (Å²) in [6.45, 7) is 6.45. The van der Waals surface area contributed by atoms with Gasteiger partial charge in [0, 0.05) is 23.2 Å². The van der Waals surface area contributed by atoms with Gasteiger partial charge in [-0.15, -0.1) is 28.5 Å². The van der Waals surface area contributed by atoms with Crippen LogP contribution in [0.1, 0.15) is 11.4 Å². The molecule has 0 aliphatic rings. The van der Waals surface area contributed by atoms with E-state index in [-0.39, 0.29) is 17.4 Å². The molecule has 0 unspecified atom stereocenters. The Morgan fingerprint density at radius 1 is 1.21 bits per heavy atom. The third kappa shape index (κ3) is 6.13. The molecule has 0 spiro atoms. The van der Waals surface area contributed by atoms with Gasteiger partial charge in [0.1, 0.15) is 11.6 Å². The number of nitrogens with one attached hydrogen (secondary N) is 1. The number of phenols is 1. The summed E-state index contributed by atoms with van der Waals surface area (Å²) in [5.41, 5.74) is 1.78. The summed E-state index contributed by atoms with van der Waals surface area (Å²) in [7, 11) is 0. The van der Waals surface area contributed by atoms with Crippen molar-refractivity contribution in [1.82, 2.24) is 14.8 Å². The van der Waals surface area contributed by atoms with Crippen LogP contribution in [-0.4, -0.2) is 31.5 Å². The van der Waals surface area contributed by atoms with Crippen LogP contribution >= 0.6 is 23.5 Å². The number of rotatable bonds is 9. The van der Waals surface area contributed by atoms with Crippen LogP contribution in [0.15, 0.2) is 71.2 Å². The SMILES string of the molecule is C=CCn1c(CSc2ccc(C)cc2)nnc1SCC(=O)Nc1cccc(O)c1. The van der Waals surface area contributed by atoms with Gasteiger partial charge in [0.15, 0.2) is 5.16 Å². The van der Waals surface area contributed by atoms with E-state index >= 15 is 0 Å². The second kappa shape index (κ2) is 10.2. The van der Waals surface area contributed by atoms with Crippen LogP contribution in [0.2, 0.25) is 0 Å². The van der Waals surface area contributed by atoms with Gasteiger partial charge in [-0.2, -0.15) is 0 Å². The zero-order valence-corrected chi connectivity index (χ0v) is 17.7. The number of aromatic nitrogens is 3. The molecule has 2 N–H and O–H groups in total. The fourth-order valence-electron chi connectivity index (χ4n) is 2.54. The standard InChI is InChI=1S/C21H22N4O2S2/c1-3-11-25-19(13-28-18-9-7-15(2)8-10-18)23-24-21(25)29-14-20(27)22-16-5-4-6-17(26)12-16/h3-10,12,26H,1,11,13-14H2,2H3,(H,22,27). The maximum atomic E-state index is 12.2. The number of hydrogen-bond donors (Lipinski definition) is 2. The van der Waals surface area contributed by atoms with Crippen molar-refractivity contribution in [1.29, 1.82) is 0 Å². The smallest absolute Gasteiger partial charge is 0.234 e. The number of phenolic OH excluding ortho intramolecular Hbond substituents is 1. The Labute approximate surface area is 178 Å². The predicted octanol–water partition coefficient (Wildman–Crippen LogP) is 4.50. The van der Waals surface area contributed by atoms with Crippen molar-refractivity contribution >= 4 is 35.1 Å². The highest BCUT2D eigenvalue weighted by molar-refractivity contribution is 7.99. The number of aromatic hydroxyl groups is 1. The second-order valence-corrected chi connectivity index (χ2v) is 8.28. The molecule has 0 atom stereocenters. The lowest BCUT2D eigenvalue weighted by molar-refractivity contribution is -0.113. The van der Waals surface area contributed by atoms with Gasteiger partial charge in [-0.1, -0.05) is 41.6 Å². The van der Waals surface area contributed by atoms with Gasteiger partial charge < -0.3 is 15.0 Å². The average molecular weight is 427 g/mol. The Balaban J connectivity index is 1.60. The molecule has 3 aromatic rings. The molecule has 1 aromatic heterocycles. The van der Waals surface area contributed by atoms with E-state index in [1.54, 1.807) is 36.0 Å². The molecule has 6 nitrogen and oxygen atoms in total. The van der Waals surface area contributed by atoms with Gasteiger partial charge >= 0.3 is 0 Å². The molecule has 0 aliphatic carbocycles. The molecule has 150 valence electrons. The number of carbonyl (C=O) groups excluding carboxylic acids is 1. The van der Waals surface area contributed by atoms with Crippen LogP contribution < -0.4 is 5.32 Å². The lowest BCUT2D eigenvalue weighted by atomic mass is 10.2. The van der Waals surface area contributed by atoms with E-state index < -0.39 is 0 Å². The molecular weight excluding hydrogens is 404 g/mol. The van der Waals surface area contributed by atoms with E-state index in [0.717, 1.165) is 5.82 Å². The number of anilines is 1. The molecule has 1 amide bonds. The normalized spacial score (nSPS) is 10.7. The number of thioether (sulfide) groups is 2. The first kappa shape index (κ1) is 21.0.